The molecule has 1 aliphatic rings. The maximum atomic E-state index is 8.66. The van der Waals surface area contributed by atoms with Crippen LogP contribution in [-0.4, -0.2) is 39.8 Å². The average Bonchev–Trinajstić information content (AvgIpc) is 2.82. The summed E-state index contributed by atoms with van der Waals surface area (Å²) in [5, 5.41) is 16.5. The lowest BCUT2D eigenvalue weighted by molar-refractivity contribution is 0.219. The number of hydrogen-bond donors (Lipinski definition) is 0. The Morgan fingerprint density at radius 1 is 1.41 bits per heavy atom. The second-order valence-corrected chi connectivity index (χ2v) is 4.02. The molecule has 0 aromatic carbocycles. The molecule has 5 nitrogen and oxygen atoms in total. The number of hydrogen-bond acceptors (Lipinski definition) is 4. The minimum Gasteiger partial charge on any atom is -0.314 e. The minimum absolute atomic E-state index is 0.354. The van der Waals surface area contributed by atoms with Crippen LogP contribution in [0.4, 0.5) is 0 Å². The number of nitriles is 1. The van der Waals surface area contributed by atoms with Crippen LogP contribution in [0.2, 0.25) is 0 Å². The molecule has 2 rings (SSSR count). The van der Waals surface area contributed by atoms with Crippen molar-refractivity contribution in [2.75, 3.05) is 20.1 Å². The van der Waals surface area contributed by atoms with Gasteiger partial charge in [-0.1, -0.05) is 13.8 Å². The van der Waals surface area contributed by atoms with Crippen molar-refractivity contribution in [3.05, 3.63) is 12.2 Å². The molecule has 94 valence electrons. The molecule has 17 heavy (non-hydrogen) atoms. The van der Waals surface area contributed by atoms with E-state index in [9.17, 15) is 0 Å². The Kier molecular flexibility index (Phi) is 5.64. The van der Waals surface area contributed by atoms with Gasteiger partial charge in [-0.3, -0.25) is 0 Å². The molecule has 0 radical (unpaired) electrons. The summed E-state index contributed by atoms with van der Waals surface area (Å²) in [5.74, 6) is 0.798. The van der Waals surface area contributed by atoms with Gasteiger partial charge in [0.1, 0.15) is 12.2 Å². The van der Waals surface area contributed by atoms with Gasteiger partial charge in [0.25, 0.3) is 0 Å². The first-order valence-electron chi connectivity index (χ1n) is 6.25. The van der Waals surface area contributed by atoms with E-state index in [0.717, 1.165) is 31.8 Å². The maximum absolute atomic E-state index is 8.66. The van der Waals surface area contributed by atoms with Gasteiger partial charge >= 0.3 is 0 Å². The summed E-state index contributed by atoms with van der Waals surface area (Å²) in [6.07, 6.45) is 4.34. The molecule has 1 aromatic heterocycles. The van der Waals surface area contributed by atoms with Crippen molar-refractivity contribution < 1.29 is 0 Å². The summed E-state index contributed by atoms with van der Waals surface area (Å²) >= 11 is 0. The average molecular weight is 235 g/mol. The van der Waals surface area contributed by atoms with Crippen LogP contribution in [0.1, 0.15) is 38.6 Å². The Morgan fingerprint density at radius 2 is 2.06 bits per heavy atom. The summed E-state index contributed by atoms with van der Waals surface area (Å²) in [5.41, 5.74) is 0. The fourth-order valence-corrected chi connectivity index (χ4v) is 2.04. The van der Waals surface area contributed by atoms with Crippen molar-refractivity contribution >= 4 is 0 Å². The monoisotopic (exact) mass is 235 g/mol. The lowest BCUT2D eigenvalue weighted by Crippen LogP contribution is -2.31. The van der Waals surface area contributed by atoms with Crippen LogP contribution < -0.4 is 0 Å². The van der Waals surface area contributed by atoms with E-state index in [4.69, 9.17) is 5.26 Å². The molecule has 0 unspecified atom stereocenters. The van der Waals surface area contributed by atoms with Crippen molar-refractivity contribution in [3.8, 4) is 6.07 Å². The predicted molar refractivity (Wildman–Crippen MR) is 66.5 cm³/mol. The van der Waals surface area contributed by atoms with E-state index in [1.165, 1.54) is 0 Å². The van der Waals surface area contributed by atoms with Crippen LogP contribution in [0, 0.1) is 11.3 Å². The molecule has 0 saturated carbocycles. The molecule has 0 amide bonds. The summed E-state index contributed by atoms with van der Waals surface area (Å²) in [6, 6.07) is 2.60. The molecule has 1 saturated heterocycles. The fourth-order valence-electron chi connectivity index (χ4n) is 2.04. The summed E-state index contributed by atoms with van der Waals surface area (Å²) in [7, 11) is 2.14. The van der Waals surface area contributed by atoms with E-state index < -0.39 is 0 Å². The van der Waals surface area contributed by atoms with Crippen LogP contribution >= 0.6 is 0 Å². The van der Waals surface area contributed by atoms with Crippen molar-refractivity contribution in [3.63, 3.8) is 0 Å². The minimum atomic E-state index is 0.354. The molecule has 0 aliphatic carbocycles. The highest BCUT2D eigenvalue weighted by atomic mass is 15.3. The molecule has 1 aliphatic heterocycles. The van der Waals surface area contributed by atoms with E-state index in [1.807, 2.05) is 13.8 Å². The number of likely N-dealkylation sites (tertiary alicyclic amines) is 1. The largest absolute Gasteiger partial charge is 0.314 e. The second kappa shape index (κ2) is 7.02. The molecule has 1 aromatic rings. The van der Waals surface area contributed by atoms with Gasteiger partial charge in [0.15, 0.2) is 0 Å². The van der Waals surface area contributed by atoms with Crippen molar-refractivity contribution in [2.45, 2.75) is 39.2 Å². The normalized spacial score (nSPS) is 17.1. The Hall–Kier alpha value is -1.41. The molecule has 0 spiro atoms. The van der Waals surface area contributed by atoms with Gasteiger partial charge in [-0.15, -0.1) is 10.2 Å². The van der Waals surface area contributed by atoms with Crippen molar-refractivity contribution in [1.82, 2.24) is 19.7 Å². The Bertz CT molecular complexity index is 357. The maximum Gasteiger partial charge on any atom is 0.147 e. The first-order chi connectivity index (χ1) is 8.31. The highest BCUT2D eigenvalue weighted by Crippen LogP contribution is 2.22. The van der Waals surface area contributed by atoms with Crippen LogP contribution in [0.25, 0.3) is 0 Å². The first-order valence-corrected chi connectivity index (χ1v) is 6.25. The molecular weight excluding hydrogens is 214 g/mol. The van der Waals surface area contributed by atoms with Gasteiger partial charge in [0.2, 0.25) is 0 Å². The molecule has 0 N–H and O–H groups in total. The molecule has 0 bridgehead atoms. The topological polar surface area (TPSA) is 57.7 Å². The van der Waals surface area contributed by atoms with Gasteiger partial charge in [0.05, 0.1) is 12.5 Å². The Balaban J connectivity index is 0.000000686. The Morgan fingerprint density at radius 3 is 2.65 bits per heavy atom. The third kappa shape index (κ3) is 3.53. The lowest BCUT2D eigenvalue weighted by Gasteiger charge is -2.30. The lowest BCUT2D eigenvalue weighted by atomic mass is 10.1. The molecule has 2 heterocycles. The Labute approximate surface area is 103 Å². The van der Waals surface area contributed by atoms with Crippen molar-refractivity contribution in [2.24, 2.45) is 0 Å². The van der Waals surface area contributed by atoms with Gasteiger partial charge in [-0.05, 0) is 33.0 Å². The van der Waals surface area contributed by atoms with Crippen LogP contribution in [0.15, 0.2) is 6.33 Å². The quantitative estimate of drug-likeness (QED) is 0.782. The zero-order valence-electron chi connectivity index (χ0n) is 10.9. The van der Waals surface area contributed by atoms with Crippen molar-refractivity contribution in [1.29, 1.82) is 5.26 Å². The highest BCUT2D eigenvalue weighted by Gasteiger charge is 2.20. The number of rotatable bonds is 2. The standard InChI is InChI=1S/C10H15N5.C2H6/c1-14-6-3-9(4-7-14)15-8-12-13-10(15)2-5-11;1-2/h8-9H,2-4,6-7H2,1H3;1-2H3. The van der Waals surface area contributed by atoms with E-state index in [-0.39, 0.29) is 0 Å². The number of piperidine rings is 1. The smallest absolute Gasteiger partial charge is 0.147 e. The predicted octanol–water partition coefficient (Wildman–Crippen LogP) is 1.64. The summed E-state index contributed by atoms with van der Waals surface area (Å²) in [4.78, 5) is 2.32. The second-order valence-electron chi connectivity index (χ2n) is 4.02. The molecule has 5 heteroatoms. The molecule has 1 fully saturated rings. The van der Waals surface area contributed by atoms with Crippen LogP contribution in [0.3, 0.4) is 0 Å². The molecular formula is C12H21N5. The number of nitrogens with zero attached hydrogens (tertiary/aromatic N) is 5. The van der Waals surface area contributed by atoms with Crippen LogP contribution in [-0.2, 0) is 6.42 Å². The first kappa shape index (κ1) is 13.7. The zero-order valence-corrected chi connectivity index (χ0v) is 10.9. The highest BCUT2D eigenvalue weighted by molar-refractivity contribution is 4.97. The van der Waals surface area contributed by atoms with Gasteiger partial charge in [0, 0.05) is 6.04 Å². The van der Waals surface area contributed by atoms with E-state index in [2.05, 4.69) is 32.8 Å². The molecule has 0 atom stereocenters. The SMILES string of the molecule is CC.CN1CCC(n2cnnc2CC#N)CC1. The zero-order chi connectivity index (χ0) is 12.7. The van der Waals surface area contributed by atoms with E-state index >= 15 is 0 Å². The van der Waals surface area contributed by atoms with Gasteiger partial charge in [-0.25, -0.2) is 0 Å². The third-order valence-electron chi connectivity index (χ3n) is 2.97. The number of aromatic nitrogens is 3. The van der Waals surface area contributed by atoms with Crippen LogP contribution in [0.5, 0.6) is 0 Å². The van der Waals surface area contributed by atoms with E-state index in [0.29, 0.717) is 12.5 Å². The summed E-state index contributed by atoms with van der Waals surface area (Å²) in [6.45, 7) is 6.21. The fraction of sp³-hybridized carbons (Fsp3) is 0.750. The van der Waals surface area contributed by atoms with Gasteiger partial charge < -0.3 is 9.47 Å². The summed E-state index contributed by atoms with van der Waals surface area (Å²) < 4.78 is 2.07. The third-order valence-corrected chi connectivity index (χ3v) is 2.97. The van der Waals surface area contributed by atoms with E-state index in [1.54, 1.807) is 6.33 Å². The van der Waals surface area contributed by atoms with Gasteiger partial charge in [-0.2, -0.15) is 5.26 Å².